The zero-order valence-electron chi connectivity index (χ0n) is 25.0. The van der Waals surface area contributed by atoms with Gasteiger partial charge in [0.05, 0.1) is 11.5 Å². The van der Waals surface area contributed by atoms with E-state index in [0.29, 0.717) is 11.8 Å². The summed E-state index contributed by atoms with van der Waals surface area (Å²) in [6.07, 6.45) is 28.3. The Morgan fingerprint density at radius 1 is 0.718 bits per heavy atom. The number of benzene rings is 1. The van der Waals surface area contributed by atoms with Crippen molar-refractivity contribution in [3.8, 4) is 17.5 Å². The lowest BCUT2D eigenvalue weighted by Gasteiger charge is -2.35. The quantitative estimate of drug-likeness (QED) is 0.229. The highest BCUT2D eigenvalue weighted by Gasteiger charge is 2.35. The van der Waals surface area contributed by atoms with Crippen molar-refractivity contribution in [2.45, 2.75) is 148 Å². The molecule has 2 aromatic rings. The fourth-order valence-corrected chi connectivity index (χ4v) is 7.22. The molecule has 39 heavy (non-hydrogen) atoms. The highest BCUT2D eigenvalue weighted by atomic mass is 14.9. The van der Waals surface area contributed by atoms with Crippen molar-refractivity contribution in [3.05, 3.63) is 47.8 Å². The van der Waals surface area contributed by atoms with E-state index in [1.807, 2.05) is 0 Å². The van der Waals surface area contributed by atoms with Gasteiger partial charge in [-0.1, -0.05) is 102 Å². The molecule has 1 aromatic heterocycles. The number of unbranched alkanes of at least 4 members (excludes halogenated alkanes) is 7. The van der Waals surface area contributed by atoms with Crippen LogP contribution in [0.25, 0.3) is 11.4 Å². The maximum Gasteiger partial charge on any atom is 0.159 e. The van der Waals surface area contributed by atoms with Crippen molar-refractivity contribution in [2.75, 3.05) is 0 Å². The van der Waals surface area contributed by atoms with E-state index in [0.717, 1.165) is 49.4 Å². The third-order valence-corrected chi connectivity index (χ3v) is 10.0. The largest absolute Gasteiger partial charge is 0.236 e. The molecule has 0 bridgehead atoms. The van der Waals surface area contributed by atoms with E-state index >= 15 is 0 Å². The molecule has 0 N–H and O–H groups in total. The molecule has 3 heteroatoms. The van der Waals surface area contributed by atoms with E-state index in [4.69, 9.17) is 9.97 Å². The molecule has 0 atom stereocenters. The Hall–Kier alpha value is -2.21. The van der Waals surface area contributed by atoms with Gasteiger partial charge in [0.2, 0.25) is 0 Å². The molecule has 3 nitrogen and oxygen atoms in total. The fraction of sp³-hybridized carbons (Fsp3) is 0.694. The summed E-state index contributed by atoms with van der Waals surface area (Å²) in [5, 5.41) is 10.0. The summed E-state index contributed by atoms with van der Waals surface area (Å²) in [7, 11) is 0. The molecule has 2 fully saturated rings. The van der Waals surface area contributed by atoms with Crippen LogP contribution in [0.2, 0.25) is 0 Å². The van der Waals surface area contributed by atoms with Crippen LogP contribution in [0.1, 0.15) is 159 Å². The van der Waals surface area contributed by atoms with E-state index in [1.165, 1.54) is 101 Å². The number of rotatable bonds is 14. The highest BCUT2D eigenvalue weighted by Crippen LogP contribution is 2.46. The minimum Gasteiger partial charge on any atom is -0.236 e. The lowest BCUT2D eigenvalue weighted by molar-refractivity contribution is 0.223. The average Bonchev–Trinajstić information content (AvgIpc) is 3.00. The molecule has 0 aliphatic heterocycles. The van der Waals surface area contributed by atoms with Crippen LogP contribution in [0.3, 0.4) is 0 Å². The summed E-state index contributed by atoms with van der Waals surface area (Å²) >= 11 is 0. The lowest BCUT2D eigenvalue weighted by Crippen LogP contribution is -2.25. The van der Waals surface area contributed by atoms with E-state index < -0.39 is 0 Å². The van der Waals surface area contributed by atoms with Crippen LogP contribution < -0.4 is 0 Å². The standard InChI is InChI=1S/C36H53N3/c1-3-5-7-8-9-10-11-23-36(28-37)24-21-32(22-25-36)30-17-19-33(20-18-30)35-38-26-34(27-39-35)31-15-13-29(14-16-31)12-6-4-2/h17-20,26-27,29,31-32H,3-16,21-25H2,1-2H3/t29-,31-,32-,36-. The summed E-state index contributed by atoms with van der Waals surface area (Å²) < 4.78 is 0. The van der Waals surface area contributed by atoms with Crippen LogP contribution in [0.5, 0.6) is 0 Å². The number of hydrogen-bond donors (Lipinski definition) is 0. The molecule has 4 rings (SSSR count). The van der Waals surface area contributed by atoms with Crippen molar-refractivity contribution in [3.63, 3.8) is 0 Å². The maximum absolute atomic E-state index is 10.0. The number of aromatic nitrogens is 2. The topological polar surface area (TPSA) is 49.6 Å². The SMILES string of the molecule is CCCCCCCCC[C@]1(C#N)CC[C@H](c2ccc(-c3ncc([C@H]4CC[C@H](CCCC)CC4)cn3)cc2)CC1. The summed E-state index contributed by atoms with van der Waals surface area (Å²) in [5.74, 6) is 2.98. The maximum atomic E-state index is 10.0. The minimum atomic E-state index is -0.0792. The highest BCUT2D eigenvalue weighted by molar-refractivity contribution is 5.55. The van der Waals surface area contributed by atoms with E-state index in [2.05, 4.69) is 56.6 Å². The Labute approximate surface area is 239 Å². The van der Waals surface area contributed by atoms with Crippen molar-refractivity contribution < 1.29 is 0 Å². The zero-order valence-corrected chi connectivity index (χ0v) is 25.0. The Morgan fingerprint density at radius 2 is 1.31 bits per heavy atom. The molecule has 2 aliphatic carbocycles. The van der Waals surface area contributed by atoms with Gasteiger partial charge >= 0.3 is 0 Å². The monoisotopic (exact) mass is 527 g/mol. The molecule has 0 radical (unpaired) electrons. The van der Waals surface area contributed by atoms with Crippen LogP contribution >= 0.6 is 0 Å². The molecule has 0 spiro atoms. The first-order chi connectivity index (χ1) is 19.2. The van der Waals surface area contributed by atoms with Crippen molar-refractivity contribution in [1.82, 2.24) is 9.97 Å². The first kappa shape index (κ1) is 29.8. The van der Waals surface area contributed by atoms with Crippen LogP contribution in [0, 0.1) is 22.7 Å². The second-order valence-electron chi connectivity index (χ2n) is 12.9. The first-order valence-corrected chi connectivity index (χ1v) is 16.5. The number of hydrogen-bond acceptors (Lipinski definition) is 3. The van der Waals surface area contributed by atoms with Gasteiger partial charge in [-0.25, -0.2) is 9.97 Å². The van der Waals surface area contributed by atoms with Crippen LogP contribution in [-0.2, 0) is 0 Å². The smallest absolute Gasteiger partial charge is 0.159 e. The summed E-state index contributed by atoms with van der Waals surface area (Å²) in [6.45, 7) is 4.57. The molecule has 212 valence electrons. The average molecular weight is 528 g/mol. The zero-order chi connectivity index (χ0) is 27.3. The second kappa shape index (κ2) is 15.5. The van der Waals surface area contributed by atoms with Gasteiger partial charge in [-0.15, -0.1) is 0 Å². The Morgan fingerprint density at radius 3 is 1.92 bits per heavy atom. The Bertz CT molecular complexity index is 987. The molecule has 0 unspecified atom stereocenters. The molecule has 1 aromatic carbocycles. The molecule has 0 amide bonds. The Kier molecular flexibility index (Phi) is 11.9. The molecule has 2 saturated carbocycles. The van der Waals surface area contributed by atoms with Crippen LogP contribution in [0.15, 0.2) is 36.7 Å². The van der Waals surface area contributed by atoms with Gasteiger partial charge in [0, 0.05) is 18.0 Å². The van der Waals surface area contributed by atoms with Gasteiger partial charge in [0.15, 0.2) is 5.82 Å². The third-order valence-electron chi connectivity index (χ3n) is 10.0. The molecule has 1 heterocycles. The second-order valence-corrected chi connectivity index (χ2v) is 12.9. The Balaban J connectivity index is 1.23. The van der Waals surface area contributed by atoms with Gasteiger partial charge in [-0.2, -0.15) is 5.26 Å². The van der Waals surface area contributed by atoms with Gasteiger partial charge in [0.25, 0.3) is 0 Å². The summed E-state index contributed by atoms with van der Waals surface area (Å²) in [5.41, 5.74) is 3.76. The molecule has 0 saturated heterocycles. The number of nitrogens with zero attached hydrogens (tertiary/aromatic N) is 3. The van der Waals surface area contributed by atoms with Crippen molar-refractivity contribution in [2.24, 2.45) is 11.3 Å². The van der Waals surface area contributed by atoms with Crippen molar-refractivity contribution in [1.29, 1.82) is 5.26 Å². The third kappa shape index (κ3) is 8.64. The predicted molar refractivity (Wildman–Crippen MR) is 164 cm³/mol. The summed E-state index contributed by atoms with van der Waals surface area (Å²) in [6, 6.07) is 11.7. The minimum absolute atomic E-state index is 0.0792. The van der Waals surface area contributed by atoms with Gasteiger partial charge in [0.1, 0.15) is 0 Å². The fourth-order valence-electron chi connectivity index (χ4n) is 7.22. The van der Waals surface area contributed by atoms with Gasteiger partial charge in [-0.05, 0) is 86.7 Å². The van der Waals surface area contributed by atoms with E-state index in [1.54, 1.807) is 0 Å². The molecular weight excluding hydrogens is 474 g/mol. The molecule has 2 aliphatic rings. The van der Waals surface area contributed by atoms with Crippen molar-refractivity contribution >= 4 is 0 Å². The van der Waals surface area contributed by atoms with E-state index in [9.17, 15) is 5.26 Å². The normalized spacial score (nSPS) is 25.3. The van der Waals surface area contributed by atoms with Gasteiger partial charge < -0.3 is 0 Å². The first-order valence-electron chi connectivity index (χ1n) is 16.5. The van der Waals surface area contributed by atoms with E-state index in [-0.39, 0.29) is 5.41 Å². The predicted octanol–water partition coefficient (Wildman–Crippen LogP) is 10.9. The summed E-state index contributed by atoms with van der Waals surface area (Å²) in [4.78, 5) is 9.55. The number of nitriles is 1. The van der Waals surface area contributed by atoms with Crippen LogP contribution in [-0.4, -0.2) is 9.97 Å². The lowest BCUT2D eigenvalue weighted by atomic mass is 9.67. The van der Waals surface area contributed by atoms with Gasteiger partial charge in [-0.3, -0.25) is 0 Å². The molecular formula is C36H53N3. The van der Waals surface area contributed by atoms with Crippen LogP contribution in [0.4, 0.5) is 0 Å².